The molecule has 0 unspecified atom stereocenters. The van der Waals surface area contributed by atoms with Crippen molar-refractivity contribution in [1.29, 1.82) is 0 Å². The van der Waals surface area contributed by atoms with Gasteiger partial charge in [0.1, 0.15) is 11.5 Å². The minimum absolute atomic E-state index is 0.251. The number of fused-ring (bicyclic) bond motifs is 1. The van der Waals surface area contributed by atoms with Gasteiger partial charge in [-0.2, -0.15) is 5.10 Å². The van der Waals surface area contributed by atoms with Crippen molar-refractivity contribution in [1.82, 2.24) is 14.7 Å². The molecule has 0 saturated carbocycles. The molecule has 2 aromatic rings. The van der Waals surface area contributed by atoms with Gasteiger partial charge in [-0.25, -0.2) is 9.18 Å². The smallest absolute Gasteiger partial charge is 0.407 e. The molecule has 1 aromatic carbocycles. The zero-order chi connectivity index (χ0) is 14.4. The van der Waals surface area contributed by atoms with Gasteiger partial charge in [-0.1, -0.05) is 11.6 Å². The van der Waals surface area contributed by atoms with E-state index < -0.39 is 6.09 Å². The second-order valence-corrected chi connectivity index (χ2v) is 5.02. The van der Waals surface area contributed by atoms with Gasteiger partial charge in [-0.3, -0.25) is 9.58 Å². The van der Waals surface area contributed by atoms with E-state index in [0.717, 1.165) is 16.8 Å². The van der Waals surface area contributed by atoms with Crippen molar-refractivity contribution < 1.29 is 14.3 Å². The van der Waals surface area contributed by atoms with E-state index >= 15 is 0 Å². The summed E-state index contributed by atoms with van der Waals surface area (Å²) in [6.07, 6.45) is -0.975. The SMILES string of the molecule is Cc1ccc(F)c(-c2nn(C)c3c2CN(C(=O)O)C3)c1. The van der Waals surface area contributed by atoms with E-state index in [0.29, 0.717) is 17.8 Å². The summed E-state index contributed by atoms with van der Waals surface area (Å²) in [6.45, 7) is 2.43. The van der Waals surface area contributed by atoms with E-state index in [9.17, 15) is 9.18 Å². The average Bonchev–Trinajstić information content (AvgIpc) is 2.94. The molecule has 1 amide bonds. The summed E-state index contributed by atoms with van der Waals surface area (Å²) in [6, 6.07) is 4.85. The van der Waals surface area contributed by atoms with Gasteiger partial charge in [-0.15, -0.1) is 0 Å². The van der Waals surface area contributed by atoms with Crippen LogP contribution < -0.4 is 0 Å². The molecule has 1 aliphatic rings. The van der Waals surface area contributed by atoms with E-state index in [2.05, 4.69) is 5.10 Å². The molecule has 5 nitrogen and oxygen atoms in total. The first-order valence-corrected chi connectivity index (χ1v) is 6.26. The van der Waals surface area contributed by atoms with Crippen LogP contribution in [0.15, 0.2) is 18.2 Å². The lowest BCUT2D eigenvalue weighted by molar-refractivity contribution is 0.144. The Morgan fingerprint density at radius 1 is 1.40 bits per heavy atom. The van der Waals surface area contributed by atoms with Crippen molar-refractivity contribution in [3.63, 3.8) is 0 Å². The van der Waals surface area contributed by atoms with Crippen molar-refractivity contribution >= 4 is 6.09 Å². The zero-order valence-corrected chi connectivity index (χ0v) is 11.2. The Labute approximate surface area is 115 Å². The molecule has 0 aliphatic carbocycles. The van der Waals surface area contributed by atoms with Crippen molar-refractivity contribution in [2.45, 2.75) is 20.0 Å². The molecule has 3 rings (SSSR count). The molecule has 1 aliphatic heterocycles. The number of benzene rings is 1. The molecule has 0 atom stereocenters. The quantitative estimate of drug-likeness (QED) is 0.870. The van der Waals surface area contributed by atoms with E-state index in [1.807, 2.05) is 6.92 Å². The third kappa shape index (κ3) is 1.84. The maximum atomic E-state index is 14.0. The summed E-state index contributed by atoms with van der Waals surface area (Å²) >= 11 is 0. The van der Waals surface area contributed by atoms with Gasteiger partial charge in [0.15, 0.2) is 0 Å². The van der Waals surface area contributed by atoms with Crippen molar-refractivity contribution in [2.75, 3.05) is 0 Å². The van der Waals surface area contributed by atoms with Crippen LogP contribution in [0.2, 0.25) is 0 Å². The van der Waals surface area contributed by atoms with Crippen molar-refractivity contribution in [3.05, 3.63) is 40.8 Å². The Morgan fingerprint density at radius 2 is 2.15 bits per heavy atom. The van der Waals surface area contributed by atoms with Crippen LogP contribution in [-0.2, 0) is 20.1 Å². The highest BCUT2D eigenvalue weighted by Crippen LogP contribution is 2.33. The van der Waals surface area contributed by atoms with Gasteiger partial charge in [0.05, 0.1) is 18.8 Å². The second kappa shape index (κ2) is 4.33. The van der Waals surface area contributed by atoms with Crippen LogP contribution in [0.5, 0.6) is 0 Å². The Morgan fingerprint density at radius 3 is 2.85 bits per heavy atom. The predicted octanol–water partition coefficient (Wildman–Crippen LogP) is 2.53. The van der Waals surface area contributed by atoms with Crippen LogP contribution in [0.1, 0.15) is 16.8 Å². The summed E-state index contributed by atoms with van der Waals surface area (Å²) in [4.78, 5) is 12.4. The molecule has 104 valence electrons. The fourth-order valence-corrected chi connectivity index (χ4v) is 2.57. The van der Waals surface area contributed by atoms with Gasteiger partial charge < -0.3 is 5.11 Å². The summed E-state index contributed by atoms with van der Waals surface area (Å²) in [5.74, 6) is -0.342. The first kappa shape index (κ1) is 12.7. The maximum Gasteiger partial charge on any atom is 0.407 e. The van der Waals surface area contributed by atoms with Crippen LogP contribution in [-0.4, -0.2) is 25.9 Å². The van der Waals surface area contributed by atoms with Gasteiger partial charge >= 0.3 is 6.09 Å². The van der Waals surface area contributed by atoms with Crippen molar-refractivity contribution in [2.24, 2.45) is 7.05 Å². The van der Waals surface area contributed by atoms with E-state index in [4.69, 9.17) is 5.11 Å². The number of carbonyl (C=O) groups is 1. The molecular weight excluding hydrogens is 261 g/mol. The lowest BCUT2D eigenvalue weighted by Crippen LogP contribution is -2.24. The number of hydrogen-bond donors (Lipinski definition) is 1. The summed E-state index contributed by atoms with van der Waals surface area (Å²) in [7, 11) is 1.75. The molecule has 0 spiro atoms. The normalized spacial score (nSPS) is 13.7. The second-order valence-electron chi connectivity index (χ2n) is 5.02. The van der Waals surface area contributed by atoms with Crippen LogP contribution in [0, 0.1) is 12.7 Å². The summed E-state index contributed by atoms with van der Waals surface area (Å²) < 4.78 is 15.6. The molecule has 0 radical (unpaired) electrons. The first-order chi connectivity index (χ1) is 9.47. The topological polar surface area (TPSA) is 58.4 Å². The minimum Gasteiger partial charge on any atom is -0.465 e. The van der Waals surface area contributed by atoms with Crippen LogP contribution in [0.4, 0.5) is 9.18 Å². The first-order valence-electron chi connectivity index (χ1n) is 6.26. The standard InChI is InChI=1S/C14H14FN3O2/c1-8-3-4-11(15)9(5-8)13-10-6-18(14(19)20)7-12(10)17(2)16-13/h3-5H,6-7H2,1-2H3,(H,19,20). The molecule has 6 heteroatoms. The summed E-state index contributed by atoms with van der Waals surface area (Å²) in [5.41, 5.74) is 3.51. The molecule has 0 saturated heterocycles. The van der Waals surface area contributed by atoms with E-state index in [1.54, 1.807) is 23.9 Å². The Bertz CT molecular complexity index is 709. The van der Waals surface area contributed by atoms with E-state index in [1.165, 1.54) is 11.0 Å². The average molecular weight is 275 g/mol. The van der Waals surface area contributed by atoms with Gasteiger partial charge in [0, 0.05) is 18.2 Å². The molecule has 1 N–H and O–H groups in total. The number of carboxylic acid groups (broad SMARTS) is 1. The number of halogens is 1. The van der Waals surface area contributed by atoms with Crippen LogP contribution >= 0.6 is 0 Å². The third-order valence-electron chi connectivity index (χ3n) is 3.61. The number of rotatable bonds is 1. The number of nitrogens with zero attached hydrogens (tertiary/aromatic N) is 3. The minimum atomic E-state index is -0.975. The number of aromatic nitrogens is 2. The molecular formula is C14H14FN3O2. The Balaban J connectivity index is 2.12. The van der Waals surface area contributed by atoms with E-state index in [-0.39, 0.29) is 12.4 Å². The summed E-state index contributed by atoms with van der Waals surface area (Å²) in [5, 5.41) is 13.4. The number of amides is 1. The van der Waals surface area contributed by atoms with Crippen LogP contribution in [0.25, 0.3) is 11.3 Å². The highest BCUT2D eigenvalue weighted by molar-refractivity contribution is 5.70. The number of aryl methyl sites for hydroxylation is 2. The lowest BCUT2D eigenvalue weighted by Gasteiger charge is -2.11. The molecule has 1 aromatic heterocycles. The predicted molar refractivity (Wildman–Crippen MR) is 70.6 cm³/mol. The maximum absolute atomic E-state index is 14.0. The Kier molecular flexibility index (Phi) is 2.74. The molecule has 2 heterocycles. The molecule has 0 bridgehead atoms. The molecule has 0 fully saturated rings. The van der Waals surface area contributed by atoms with Crippen molar-refractivity contribution in [3.8, 4) is 11.3 Å². The molecule has 20 heavy (non-hydrogen) atoms. The third-order valence-corrected chi connectivity index (χ3v) is 3.61. The fourth-order valence-electron chi connectivity index (χ4n) is 2.57. The van der Waals surface area contributed by atoms with Crippen LogP contribution in [0.3, 0.4) is 0 Å². The van der Waals surface area contributed by atoms with Gasteiger partial charge in [-0.05, 0) is 19.1 Å². The Hall–Kier alpha value is -2.37. The monoisotopic (exact) mass is 275 g/mol. The zero-order valence-electron chi connectivity index (χ0n) is 11.2. The fraction of sp³-hybridized carbons (Fsp3) is 0.286. The largest absolute Gasteiger partial charge is 0.465 e. The number of hydrogen-bond acceptors (Lipinski definition) is 2. The lowest BCUT2D eigenvalue weighted by atomic mass is 10.0. The highest BCUT2D eigenvalue weighted by Gasteiger charge is 2.30. The van der Waals surface area contributed by atoms with Gasteiger partial charge in [0.2, 0.25) is 0 Å². The highest BCUT2D eigenvalue weighted by atomic mass is 19.1. The van der Waals surface area contributed by atoms with Gasteiger partial charge in [0.25, 0.3) is 0 Å².